The lowest BCUT2D eigenvalue weighted by atomic mass is 10.3. The summed E-state index contributed by atoms with van der Waals surface area (Å²) >= 11 is 0. The SMILES string of the molecule is CC(C)(C)P(=O)([O-])[O-]. The van der Waals surface area contributed by atoms with Crippen molar-refractivity contribution in [3.8, 4) is 0 Å². The average Bonchev–Trinajstić information content (AvgIpc) is 1.25. The van der Waals surface area contributed by atoms with Crippen LogP contribution in [0.1, 0.15) is 20.8 Å². The molecule has 0 spiro atoms. The summed E-state index contributed by atoms with van der Waals surface area (Å²) in [5.74, 6) is 0. The maximum atomic E-state index is 10.1. The Hall–Kier alpha value is 0.150. The van der Waals surface area contributed by atoms with Crippen LogP contribution in [0, 0.1) is 0 Å². The lowest BCUT2D eigenvalue weighted by molar-refractivity contribution is -0.319. The topological polar surface area (TPSA) is 63.2 Å². The van der Waals surface area contributed by atoms with E-state index < -0.39 is 12.8 Å². The standard InChI is InChI=1S/C4H11O3P/c1-4(2,3)8(5,6)7/h1-3H3,(H2,5,6,7)/p-2. The van der Waals surface area contributed by atoms with E-state index in [4.69, 9.17) is 0 Å². The summed E-state index contributed by atoms with van der Waals surface area (Å²) in [5.41, 5.74) is 0. The molecule has 0 aromatic heterocycles. The summed E-state index contributed by atoms with van der Waals surface area (Å²) < 4.78 is 10.1. The fourth-order valence-electron chi connectivity index (χ4n) is 0. The maximum Gasteiger partial charge on any atom is -0.0104 e. The zero-order chi connectivity index (χ0) is 7.00. The van der Waals surface area contributed by atoms with Crippen molar-refractivity contribution < 1.29 is 14.4 Å². The van der Waals surface area contributed by atoms with Crippen molar-refractivity contribution in [3.63, 3.8) is 0 Å². The Morgan fingerprint density at radius 3 is 1.38 bits per heavy atom. The Labute approximate surface area is 48.9 Å². The van der Waals surface area contributed by atoms with E-state index in [9.17, 15) is 14.4 Å². The minimum Gasteiger partial charge on any atom is -0.810 e. The van der Waals surface area contributed by atoms with Crippen molar-refractivity contribution >= 4 is 7.60 Å². The van der Waals surface area contributed by atoms with E-state index in [1.807, 2.05) is 0 Å². The van der Waals surface area contributed by atoms with E-state index in [1.54, 1.807) is 0 Å². The third-order valence-electron chi connectivity index (χ3n) is 0.822. The number of hydrogen-bond donors (Lipinski definition) is 0. The molecule has 0 amide bonds. The van der Waals surface area contributed by atoms with Crippen LogP contribution in [0.4, 0.5) is 0 Å². The quantitative estimate of drug-likeness (QED) is 0.429. The zero-order valence-corrected chi connectivity index (χ0v) is 6.07. The van der Waals surface area contributed by atoms with Crippen molar-refractivity contribution in [2.45, 2.75) is 25.9 Å². The highest BCUT2D eigenvalue weighted by Gasteiger charge is 2.13. The van der Waals surface area contributed by atoms with E-state index in [0.29, 0.717) is 0 Å². The fourth-order valence-corrected chi connectivity index (χ4v) is 0. The van der Waals surface area contributed by atoms with Crippen molar-refractivity contribution in [2.24, 2.45) is 0 Å². The molecule has 0 fully saturated rings. The van der Waals surface area contributed by atoms with Gasteiger partial charge in [-0.1, -0.05) is 28.4 Å². The molecule has 0 atom stereocenters. The van der Waals surface area contributed by atoms with Crippen LogP contribution < -0.4 is 9.79 Å². The minimum atomic E-state index is -4.35. The van der Waals surface area contributed by atoms with Crippen LogP contribution >= 0.6 is 7.60 Å². The maximum absolute atomic E-state index is 10.1. The molecule has 4 heteroatoms. The highest BCUT2D eigenvalue weighted by Crippen LogP contribution is 2.40. The Balaban J connectivity index is 4.26. The molecule has 0 unspecified atom stereocenters. The molecule has 8 heavy (non-hydrogen) atoms. The second-order valence-electron chi connectivity index (χ2n) is 2.67. The van der Waals surface area contributed by atoms with Gasteiger partial charge in [0.2, 0.25) is 0 Å². The molecule has 0 N–H and O–H groups in total. The second kappa shape index (κ2) is 1.83. The average molecular weight is 136 g/mol. The van der Waals surface area contributed by atoms with Gasteiger partial charge in [0.05, 0.1) is 0 Å². The monoisotopic (exact) mass is 136 g/mol. The molecule has 50 valence electrons. The first kappa shape index (κ1) is 8.15. The van der Waals surface area contributed by atoms with Crippen LogP contribution in [0.15, 0.2) is 0 Å². The van der Waals surface area contributed by atoms with Gasteiger partial charge in [-0.3, -0.25) is 0 Å². The molecule has 0 heterocycles. The van der Waals surface area contributed by atoms with Gasteiger partial charge in [-0.2, -0.15) is 0 Å². The van der Waals surface area contributed by atoms with Gasteiger partial charge in [0.15, 0.2) is 0 Å². The molecule has 0 aliphatic rings. The van der Waals surface area contributed by atoms with Gasteiger partial charge < -0.3 is 14.4 Å². The molecule has 0 aliphatic carbocycles. The van der Waals surface area contributed by atoms with E-state index >= 15 is 0 Å². The third kappa shape index (κ3) is 1.95. The Bertz CT molecular complexity index is 118. The normalized spacial score (nSPS) is 14.1. The van der Waals surface area contributed by atoms with Crippen molar-refractivity contribution in [2.75, 3.05) is 0 Å². The second-order valence-corrected chi connectivity index (χ2v) is 5.00. The molecule has 0 aromatic rings. The van der Waals surface area contributed by atoms with Gasteiger partial charge in [-0.15, -0.1) is 0 Å². The molecule has 0 radical (unpaired) electrons. The van der Waals surface area contributed by atoms with Crippen molar-refractivity contribution in [1.29, 1.82) is 0 Å². The predicted molar refractivity (Wildman–Crippen MR) is 27.4 cm³/mol. The molecular formula is C4H9O3P-2. The van der Waals surface area contributed by atoms with Gasteiger partial charge in [-0.25, -0.2) is 0 Å². The van der Waals surface area contributed by atoms with Crippen LogP contribution in [-0.4, -0.2) is 5.16 Å². The third-order valence-corrected chi connectivity index (χ3v) is 2.46. The van der Waals surface area contributed by atoms with Crippen LogP contribution in [-0.2, 0) is 4.57 Å². The molecule has 0 saturated carbocycles. The van der Waals surface area contributed by atoms with Gasteiger partial charge in [0, 0.05) is 0 Å². The van der Waals surface area contributed by atoms with Gasteiger partial charge >= 0.3 is 0 Å². The molecule has 0 aliphatic heterocycles. The Kier molecular flexibility index (Phi) is 1.87. The number of hydrogen-bond acceptors (Lipinski definition) is 3. The molecule has 0 aromatic carbocycles. The van der Waals surface area contributed by atoms with Crippen LogP contribution in [0.3, 0.4) is 0 Å². The number of rotatable bonds is 0. The highest BCUT2D eigenvalue weighted by molar-refractivity contribution is 7.50. The van der Waals surface area contributed by atoms with E-state index in [0.717, 1.165) is 0 Å². The minimum absolute atomic E-state index is 1.12. The first-order valence-electron chi connectivity index (χ1n) is 2.27. The van der Waals surface area contributed by atoms with E-state index in [-0.39, 0.29) is 0 Å². The van der Waals surface area contributed by atoms with Crippen LogP contribution in [0.5, 0.6) is 0 Å². The first-order chi connectivity index (χ1) is 3.25. The van der Waals surface area contributed by atoms with Crippen LogP contribution in [0.25, 0.3) is 0 Å². The first-order valence-corrected chi connectivity index (χ1v) is 3.81. The molecule has 0 rings (SSSR count). The summed E-state index contributed by atoms with van der Waals surface area (Å²) in [5, 5.41) is -1.12. The molecule has 3 nitrogen and oxygen atoms in total. The van der Waals surface area contributed by atoms with Gasteiger partial charge in [0.1, 0.15) is 0 Å². The zero-order valence-electron chi connectivity index (χ0n) is 5.17. The summed E-state index contributed by atoms with van der Waals surface area (Å²) in [7, 11) is -4.35. The van der Waals surface area contributed by atoms with Gasteiger partial charge in [-0.05, 0) is 5.16 Å². The largest absolute Gasteiger partial charge is 0.810 e. The van der Waals surface area contributed by atoms with Gasteiger partial charge in [0.25, 0.3) is 0 Å². The lowest BCUT2D eigenvalue weighted by Crippen LogP contribution is -2.30. The molecular weight excluding hydrogens is 127 g/mol. The summed E-state index contributed by atoms with van der Waals surface area (Å²) in [4.78, 5) is 20.2. The lowest BCUT2D eigenvalue weighted by Gasteiger charge is -2.42. The summed E-state index contributed by atoms with van der Waals surface area (Å²) in [6.45, 7) is 4.15. The smallest absolute Gasteiger partial charge is 0.0104 e. The van der Waals surface area contributed by atoms with Crippen molar-refractivity contribution in [3.05, 3.63) is 0 Å². The van der Waals surface area contributed by atoms with Crippen molar-refractivity contribution in [1.82, 2.24) is 0 Å². The summed E-state index contributed by atoms with van der Waals surface area (Å²) in [6.07, 6.45) is 0. The molecule has 0 saturated heterocycles. The Morgan fingerprint density at radius 2 is 1.38 bits per heavy atom. The highest BCUT2D eigenvalue weighted by atomic mass is 31.2. The fraction of sp³-hybridized carbons (Fsp3) is 1.00. The van der Waals surface area contributed by atoms with E-state index in [1.165, 1.54) is 20.8 Å². The summed E-state index contributed by atoms with van der Waals surface area (Å²) in [6, 6.07) is 0. The molecule has 0 bridgehead atoms. The predicted octanol–water partition coefficient (Wildman–Crippen LogP) is -0.301. The Morgan fingerprint density at radius 1 is 1.25 bits per heavy atom. The van der Waals surface area contributed by atoms with E-state index in [2.05, 4.69) is 0 Å². The van der Waals surface area contributed by atoms with Crippen LogP contribution in [0.2, 0.25) is 0 Å².